The number of carbonyl (C=O) groups excluding carboxylic acids is 1. The second-order valence-electron chi connectivity index (χ2n) is 10.7. The van der Waals surface area contributed by atoms with Gasteiger partial charge in [0.05, 0.1) is 17.1 Å². The first kappa shape index (κ1) is 24.2. The summed E-state index contributed by atoms with van der Waals surface area (Å²) in [5, 5.41) is 4.04. The summed E-state index contributed by atoms with van der Waals surface area (Å²) in [4.78, 5) is 35.2. The number of likely N-dealkylation sites (N-methyl/N-ethyl adjacent to an activating group) is 1. The molecule has 2 aliphatic carbocycles. The van der Waals surface area contributed by atoms with Gasteiger partial charge in [0, 0.05) is 44.8 Å². The number of carbonyl (C=O) groups is 1. The third-order valence-corrected chi connectivity index (χ3v) is 8.75. The van der Waals surface area contributed by atoms with E-state index in [0.29, 0.717) is 24.5 Å². The fourth-order valence-electron chi connectivity index (χ4n) is 5.22. The highest BCUT2D eigenvalue weighted by Gasteiger charge is 2.45. The maximum absolute atomic E-state index is 11.9. The number of aromatic nitrogens is 4. The summed E-state index contributed by atoms with van der Waals surface area (Å²) in [5.41, 5.74) is 3.44. The molecule has 0 radical (unpaired) electrons. The molecule has 0 atom stereocenters. The maximum Gasteiger partial charge on any atom is 0.317 e. The molecule has 10 heteroatoms. The minimum absolute atomic E-state index is 0.162. The Morgan fingerprint density at radius 3 is 2.68 bits per heavy atom. The second-order valence-corrected chi connectivity index (χ2v) is 11.8. The first-order valence-electron chi connectivity index (χ1n) is 13.1. The molecule has 1 spiro atoms. The summed E-state index contributed by atoms with van der Waals surface area (Å²) in [6.07, 6.45) is 11.4. The Kier molecular flexibility index (Phi) is 6.54. The Morgan fingerprint density at radius 1 is 1.11 bits per heavy atom. The number of pyridine rings is 1. The standard InChI is InChI=1S/C27H33N7O2S/c1-18-13-21(31-25(30-18)36-20-5-7-27(8-6-20)9-10-27)22-15-29-26(37-22)32-23-4-3-19(14-28-23)16-34-12-11-33(2)24(35)17-34/h3-4,13-15,20H,5-12,16-17H2,1-2H3,(H,28,29,32). The number of aryl methyl sites for hydroxylation is 1. The molecule has 2 saturated carbocycles. The number of thiazole rings is 1. The molecule has 4 heterocycles. The van der Waals surface area contributed by atoms with Crippen LogP contribution in [0.15, 0.2) is 30.6 Å². The molecule has 1 amide bonds. The van der Waals surface area contributed by atoms with Crippen molar-refractivity contribution in [2.45, 2.75) is 58.1 Å². The van der Waals surface area contributed by atoms with Crippen molar-refractivity contribution in [1.29, 1.82) is 0 Å². The predicted octanol–water partition coefficient (Wildman–Crippen LogP) is 4.42. The number of nitrogens with one attached hydrogen (secondary N) is 1. The topological polar surface area (TPSA) is 96.4 Å². The van der Waals surface area contributed by atoms with E-state index >= 15 is 0 Å². The van der Waals surface area contributed by atoms with Crippen LogP contribution >= 0.6 is 11.3 Å². The molecular weight excluding hydrogens is 486 g/mol. The molecule has 1 aliphatic heterocycles. The summed E-state index contributed by atoms with van der Waals surface area (Å²) < 4.78 is 6.21. The maximum atomic E-state index is 11.9. The van der Waals surface area contributed by atoms with Crippen LogP contribution in [-0.2, 0) is 11.3 Å². The van der Waals surface area contributed by atoms with E-state index in [2.05, 4.69) is 25.2 Å². The van der Waals surface area contributed by atoms with Gasteiger partial charge in [-0.1, -0.05) is 17.4 Å². The summed E-state index contributed by atoms with van der Waals surface area (Å²) in [7, 11) is 1.85. The minimum Gasteiger partial charge on any atom is -0.460 e. The molecule has 3 aromatic heterocycles. The molecule has 3 fully saturated rings. The van der Waals surface area contributed by atoms with Crippen molar-refractivity contribution in [1.82, 2.24) is 29.7 Å². The zero-order valence-corrected chi connectivity index (χ0v) is 22.3. The summed E-state index contributed by atoms with van der Waals surface area (Å²) in [6, 6.07) is 6.43. The fraction of sp³-hybridized carbons (Fsp3) is 0.519. The number of amides is 1. The Bertz CT molecular complexity index is 1260. The molecule has 1 saturated heterocycles. The lowest BCUT2D eigenvalue weighted by Crippen LogP contribution is -2.47. The van der Waals surface area contributed by atoms with E-state index in [9.17, 15) is 4.79 Å². The van der Waals surface area contributed by atoms with Gasteiger partial charge >= 0.3 is 6.01 Å². The highest BCUT2D eigenvalue weighted by Crippen LogP contribution is 2.56. The molecule has 0 unspecified atom stereocenters. The zero-order valence-electron chi connectivity index (χ0n) is 21.4. The fourth-order valence-corrected chi connectivity index (χ4v) is 6.00. The van der Waals surface area contributed by atoms with Gasteiger partial charge in [-0.05, 0) is 68.6 Å². The number of hydrogen-bond acceptors (Lipinski definition) is 9. The van der Waals surface area contributed by atoms with Crippen molar-refractivity contribution in [2.75, 3.05) is 32.0 Å². The van der Waals surface area contributed by atoms with Gasteiger partial charge < -0.3 is 15.0 Å². The highest BCUT2D eigenvalue weighted by molar-refractivity contribution is 7.18. The number of ether oxygens (including phenoxy) is 1. The monoisotopic (exact) mass is 519 g/mol. The predicted molar refractivity (Wildman–Crippen MR) is 143 cm³/mol. The Morgan fingerprint density at radius 2 is 1.95 bits per heavy atom. The summed E-state index contributed by atoms with van der Waals surface area (Å²) in [5.74, 6) is 0.892. The van der Waals surface area contributed by atoms with Crippen LogP contribution in [0.5, 0.6) is 6.01 Å². The van der Waals surface area contributed by atoms with Crippen molar-refractivity contribution < 1.29 is 9.53 Å². The average molecular weight is 520 g/mol. The lowest BCUT2D eigenvalue weighted by molar-refractivity contribution is -0.134. The molecule has 3 aromatic rings. The van der Waals surface area contributed by atoms with Crippen LogP contribution in [0.2, 0.25) is 0 Å². The van der Waals surface area contributed by atoms with Crippen molar-refractivity contribution in [2.24, 2.45) is 5.41 Å². The molecular formula is C27H33N7O2S. The minimum atomic E-state index is 0.162. The number of rotatable bonds is 7. The molecule has 0 aromatic carbocycles. The molecule has 6 rings (SSSR count). The van der Waals surface area contributed by atoms with Gasteiger partial charge in [0.1, 0.15) is 11.9 Å². The van der Waals surface area contributed by atoms with Crippen molar-refractivity contribution >= 4 is 28.2 Å². The van der Waals surface area contributed by atoms with Crippen LogP contribution in [-0.4, -0.2) is 68.4 Å². The van der Waals surface area contributed by atoms with E-state index in [1.807, 2.05) is 44.6 Å². The second kappa shape index (κ2) is 9.98. The molecule has 37 heavy (non-hydrogen) atoms. The molecule has 1 N–H and O–H groups in total. The van der Waals surface area contributed by atoms with E-state index in [1.54, 1.807) is 4.90 Å². The van der Waals surface area contributed by atoms with Gasteiger partial charge in [0.15, 0.2) is 5.13 Å². The van der Waals surface area contributed by atoms with E-state index in [-0.39, 0.29) is 12.0 Å². The van der Waals surface area contributed by atoms with Gasteiger partial charge in [-0.2, -0.15) is 4.98 Å². The Labute approximate surface area is 221 Å². The number of anilines is 2. The van der Waals surface area contributed by atoms with E-state index in [0.717, 1.165) is 58.7 Å². The average Bonchev–Trinajstić information content (AvgIpc) is 3.48. The SMILES string of the molecule is Cc1cc(-c2cnc(Nc3ccc(CN4CCN(C)C(=O)C4)cn3)s2)nc(OC2CCC3(CC2)CC3)n1. The van der Waals surface area contributed by atoms with Crippen molar-refractivity contribution in [3.63, 3.8) is 0 Å². The van der Waals surface area contributed by atoms with Gasteiger partial charge in [-0.25, -0.2) is 15.0 Å². The first-order chi connectivity index (χ1) is 17.9. The largest absolute Gasteiger partial charge is 0.460 e. The van der Waals surface area contributed by atoms with Crippen LogP contribution < -0.4 is 10.1 Å². The van der Waals surface area contributed by atoms with Gasteiger partial charge in [-0.3, -0.25) is 9.69 Å². The van der Waals surface area contributed by atoms with Crippen LogP contribution in [0.4, 0.5) is 10.9 Å². The molecule has 3 aliphatic rings. The number of nitrogens with zero attached hydrogens (tertiary/aromatic N) is 6. The van der Waals surface area contributed by atoms with Crippen LogP contribution in [0.25, 0.3) is 10.6 Å². The zero-order chi connectivity index (χ0) is 25.4. The van der Waals surface area contributed by atoms with E-state index in [1.165, 1.54) is 37.0 Å². The van der Waals surface area contributed by atoms with Crippen molar-refractivity contribution in [3.05, 3.63) is 41.9 Å². The van der Waals surface area contributed by atoms with Crippen LogP contribution in [0, 0.1) is 12.3 Å². The third kappa shape index (κ3) is 5.75. The third-order valence-electron chi connectivity index (χ3n) is 7.82. The summed E-state index contributed by atoms with van der Waals surface area (Å²) >= 11 is 1.53. The summed E-state index contributed by atoms with van der Waals surface area (Å²) in [6.45, 7) is 4.78. The van der Waals surface area contributed by atoms with Gasteiger partial charge in [0.2, 0.25) is 5.91 Å². The van der Waals surface area contributed by atoms with Gasteiger partial charge in [0.25, 0.3) is 0 Å². The van der Waals surface area contributed by atoms with E-state index in [4.69, 9.17) is 9.72 Å². The molecule has 9 nitrogen and oxygen atoms in total. The van der Waals surface area contributed by atoms with Crippen LogP contribution in [0.1, 0.15) is 49.8 Å². The molecule has 0 bridgehead atoms. The van der Waals surface area contributed by atoms with E-state index < -0.39 is 0 Å². The number of hydrogen-bond donors (Lipinski definition) is 1. The number of piperazine rings is 1. The molecule has 194 valence electrons. The Balaban J connectivity index is 1.07. The highest BCUT2D eigenvalue weighted by atomic mass is 32.1. The normalized spacial score (nSPS) is 19.8. The Hall–Kier alpha value is -3.11. The smallest absolute Gasteiger partial charge is 0.317 e. The lowest BCUT2D eigenvalue weighted by atomic mass is 9.85. The van der Waals surface area contributed by atoms with Gasteiger partial charge in [-0.15, -0.1) is 0 Å². The first-order valence-corrected chi connectivity index (χ1v) is 13.9. The van der Waals surface area contributed by atoms with Crippen LogP contribution in [0.3, 0.4) is 0 Å². The lowest BCUT2D eigenvalue weighted by Gasteiger charge is -2.31. The van der Waals surface area contributed by atoms with Crippen molar-refractivity contribution in [3.8, 4) is 16.6 Å². The quantitative estimate of drug-likeness (QED) is 0.490.